The van der Waals surface area contributed by atoms with Gasteiger partial charge in [-0.1, -0.05) is 0 Å². The first-order valence-corrected chi connectivity index (χ1v) is 7.17. The van der Waals surface area contributed by atoms with Crippen molar-refractivity contribution in [3.05, 3.63) is 12.3 Å². The molecule has 0 atom stereocenters. The molecule has 1 saturated carbocycles. The maximum atomic E-state index is 5.97. The molecule has 2 rings (SSSR count). The second kappa shape index (κ2) is 5.15. The van der Waals surface area contributed by atoms with Crippen LogP contribution in [0.4, 0.5) is 0 Å². The van der Waals surface area contributed by atoms with Crippen molar-refractivity contribution >= 4 is 0 Å². The van der Waals surface area contributed by atoms with Gasteiger partial charge >= 0.3 is 0 Å². The van der Waals surface area contributed by atoms with Crippen molar-refractivity contribution in [2.45, 2.75) is 71.7 Å². The highest BCUT2D eigenvalue weighted by Gasteiger charge is 2.27. The monoisotopic (exact) mass is 279 g/mol. The first-order valence-electron chi connectivity index (χ1n) is 7.17. The van der Waals surface area contributed by atoms with Crippen LogP contribution in [0.2, 0.25) is 0 Å². The summed E-state index contributed by atoms with van der Waals surface area (Å²) in [6.45, 7) is 12.0. The van der Waals surface area contributed by atoms with E-state index in [1.807, 2.05) is 47.6 Å². The summed E-state index contributed by atoms with van der Waals surface area (Å²) in [6.07, 6.45) is 4.22. The Balaban J connectivity index is 2.23. The molecule has 0 aliphatic heterocycles. The normalized spacial score (nSPS) is 15.9. The van der Waals surface area contributed by atoms with Crippen LogP contribution in [0.15, 0.2) is 12.3 Å². The van der Waals surface area contributed by atoms with E-state index in [0.717, 1.165) is 12.8 Å². The molecule has 1 aliphatic rings. The third kappa shape index (κ3) is 4.91. The van der Waals surface area contributed by atoms with E-state index < -0.39 is 0 Å². The molecule has 1 fully saturated rings. The second-order valence-electron chi connectivity index (χ2n) is 7.22. The lowest BCUT2D eigenvalue weighted by Gasteiger charge is -2.25. The van der Waals surface area contributed by atoms with E-state index >= 15 is 0 Å². The molecule has 0 saturated heterocycles. The minimum absolute atomic E-state index is 0.287. The molecule has 0 bridgehead atoms. The molecular weight excluding hydrogens is 254 g/mol. The molecule has 112 valence electrons. The maximum absolute atomic E-state index is 5.97. The molecular formula is C16H25NO3. The van der Waals surface area contributed by atoms with Crippen LogP contribution in [0.3, 0.4) is 0 Å². The number of hydrogen-bond donors (Lipinski definition) is 0. The minimum Gasteiger partial charge on any atom is -0.485 e. The van der Waals surface area contributed by atoms with Gasteiger partial charge in [-0.3, -0.25) is 0 Å². The van der Waals surface area contributed by atoms with Crippen LogP contribution >= 0.6 is 0 Å². The molecule has 1 aromatic rings. The summed E-state index contributed by atoms with van der Waals surface area (Å²) in [5.41, 5.74) is -0.577. The molecule has 0 amide bonds. The lowest BCUT2D eigenvalue weighted by Crippen LogP contribution is -2.25. The van der Waals surface area contributed by atoms with Crippen LogP contribution in [0, 0.1) is 0 Å². The number of pyridine rings is 1. The van der Waals surface area contributed by atoms with Gasteiger partial charge in [-0.2, -0.15) is 0 Å². The predicted octanol–water partition coefficient (Wildman–Crippen LogP) is 3.98. The van der Waals surface area contributed by atoms with Crippen molar-refractivity contribution < 1.29 is 14.2 Å². The third-order valence-corrected chi connectivity index (χ3v) is 2.45. The highest BCUT2D eigenvalue weighted by Crippen LogP contribution is 2.37. The van der Waals surface area contributed by atoms with E-state index in [0.29, 0.717) is 23.5 Å². The van der Waals surface area contributed by atoms with Gasteiger partial charge in [0.05, 0.1) is 12.3 Å². The highest BCUT2D eigenvalue weighted by atomic mass is 16.5. The van der Waals surface area contributed by atoms with Crippen LogP contribution in [0.25, 0.3) is 0 Å². The predicted molar refractivity (Wildman–Crippen MR) is 78.6 cm³/mol. The van der Waals surface area contributed by atoms with E-state index in [-0.39, 0.29) is 11.2 Å². The zero-order chi connectivity index (χ0) is 15.0. The number of rotatable bonds is 4. The Morgan fingerprint density at radius 2 is 1.55 bits per heavy atom. The van der Waals surface area contributed by atoms with Crippen LogP contribution in [0.1, 0.15) is 54.4 Å². The molecule has 0 aromatic carbocycles. The highest BCUT2D eigenvalue weighted by molar-refractivity contribution is 5.41. The molecule has 0 N–H and O–H groups in total. The fourth-order valence-electron chi connectivity index (χ4n) is 1.64. The number of nitrogens with zero attached hydrogens (tertiary/aromatic N) is 1. The maximum Gasteiger partial charge on any atom is 0.217 e. The van der Waals surface area contributed by atoms with E-state index in [1.165, 1.54) is 0 Å². The fourth-order valence-corrected chi connectivity index (χ4v) is 1.64. The first-order chi connectivity index (χ1) is 9.12. The summed E-state index contributed by atoms with van der Waals surface area (Å²) in [6, 6.07) is 1.81. The molecule has 0 spiro atoms. The average Bonchev–Trinajstić information content (AvgIpc) is 3.01. The topological polar surface area (TPSA) is 40.6 Å². The van der Waals surface area contributed by atoms with E-state index in [9.17, 15) is 0 Å². The standard InChI is InChI=1S/C16H25NO3/c1-15(2,3)19-12-9-14(20-16(4,5)6)17-10-13(12)18-11-7-8-11/h9-11H,7-8H2,1-6H3. The lowest BCUT2D eigenvalue weighted by atomic mass is 10.2. The SMILES string of the molecule is CC(C)(C)Oc1cc(OC(C)(C)C)c(OC2CC2)cn1. The zero-order valence-corrected chi connectivity index (χ0v) is 13.3. The van der Waals surface area contributed by atoms with Gasteiger partial charge in [-0.25, -0.2) is 4.98 Å². The summed E-state index contributed by atoms with van der Waals surface area (Å²) in [4.78, 5) is 4.31. The lowest BCUT2D eigenvalue weighted by molar-refractivity contribution is 0.111. The van der Waals surface area contributed by atoms with Crippen LogP contribution in [0.5, 0.6) is 17.4 Å². The van der Waals surface area contributed by atoms with Crippen LogP contribution in [-0.2, 0) is 0 Å². The van der Waals surface area contributed by atoms with Crippen molar-refractivity contribution in [2.24, 2.45) is 0 Å². The second-order valence-corrected chi connectivity index (χ2v) is 7.22. The molecule has 0 unspecified atom stereocenters. The summed E-state index contributed by atoms with van der Waals surface area (Å²) in [7, 11) is 0. The Bertz CT molecular complexity index is 468. The molecule has 1 aromatic heterocycles. The molecule has 1 aliphatic carbocycles. The van der Waals surface area contributed by atoms with Crippen molar-refractivity contribution in [1.82, 2.24) is 4.98 Å². The van der Waals surface area contributed by atoms with Gasteiger partial charge in [0.15, 0.2) is 11.5 Å². The van der Waals surface area contributed by atoms with Gasteiger partial charge in [0.2, 0.25) is 5.88 Å². The van der Waals surface area contributed by atoms with Gasteiger partial charge in [-0.05, 0) is 54.4 Å². The Labute approximate surface area is 121 Å². The number of ether oxygens (including phenoxy) is 3. The Morgan fingerprint density at radius 1 is 0.950 bits per heavy atom. The van der Waals surface area contributed by atoms with E-state index in [2.05, 4.69) is 4.98 Å². The van der Waals surface area contributed by atoms with Crippen molar-refractivity contribution in [3.63, 3.8) is 0 Å². The van der Waals surface area contributed by atoms with Crippen molar-refractivity contribution in [3.8, 4) is 17.4 Å². The summed E-state index contributed by atoms with van der Waals surface area (Å²) in [5.74, 6) is 1.95. The molecule has 4 nitrogen and oxygen atoms in total. The van der Waals surface area contributed by atoms with Gasteiger partial charge in [-0.15, -0.1) is 0 Å². The largest absolute Gasteiger partial charge is 0.485 e. The van der Waals surface area contributed by atoms with Gasteiger partial charge in [0.25, 0.3) is 0 Å². The van der Waals surface area contributed by atoms with E-state index in [4.69, 9.17) is 14.2 Å². The third-order valence-electron chi connectivity index (χ3n) is 2.45. The molecule has 4 heteroatoms. The number of aromatic nitrogens is 1. The Hall–Kier alpha value is -1.45. The van der Waals surface area contributed by atoms with Gasteiger partial charge in [0.1, 0.15) is 11.2 Å². The van der Waals surface area contributed by atoms with Gasteiger partial charge in [0, 0.05) is 6.07 Å². The summed E-state index contributed by atoms with van der Waals surface area (Å²) >= 11 is 0. The summed E-state index contributed by atoms with van der Waals surface area (Å²) in [5, 5.41) is 0. The molecule has 0 radical (unpaired) electrons. The first kappa shape index (κ1) is 14.9. The molecule has 1 heterocycles. The number of hydrogen-bond acceptors (Lipinski definition) is 4. The fraction of sp³-hybridized carbons (Fsp3) is 0.688. The van der Waals surface area contributed by atoms with Crippen molar-refractivity contribution in [1.29, 1.82) is 0 Å². The van der Waals surface area contributed by atoms with Crippen LogP contribution < -0.4 is 14.2 Å². The Morgan fingerprint density at radius 3 is 2.05 bits per heavy atom. The van der Waals surface area contributed by atoms with E-state index in [1.54, 1.807) is 6.20 Å². The summed E-state index contributed by atoms with van der Waals surface area (Å²) < 4.78 is 17.6. The minimum atomic E-state index is -0.290. The average molecular weight is 279 g/mol. The quantitative estimate of drug-likeness (QED) is 0.836. The van der Waals surface area contributed by atoms with Gasteiger partial charge < -0.3 is 14.2 Å². The van der Waals surface area contributed by atoms with Crippen LogP contribution in [-0.4, -0.2) is 22.3 Å². The smallest absolute Gasteiger partial charge is 0.217 e. The Kier molecular flexibility index (Phi) is 3.85. The zero-order valence-electron chi connectivity index (χ0n) is 13.3. The van der Waals surface area contributed by atoms with Crippen molar-refractivity contribution in [2.75, 3.05) is 0 Å². The molecule has 20 heavy (non-hydrogen) atoms.